The fourth-order valence-electron chi connectivity index (χ4n) is 5.17. The first-order chi connectivity index (χ1) is 14.7. The highest BCUT2D eigenvalue weighted by atomic mass is 16.2. The second-order valence-electron chi connectivity index (χ2n) is 8.72. The summed E-state index contributed by atoms with van der Waals surface area (Å²) in [6.07, 6.45) is 12.6. The van der Waals surface area contributed by atoms with Crippen molar-refractivity contribution in [2.75, 3.05) is 19.6 Å². The SMILES string of the molecule is O=C(c1cnccn1)N1CCC(c2nc3c(c(=O)[nH]2)CCN(C2CCCCC2)C3)C1. The monoisotopic (exact) mass is 408 g/mol. The Morgan fingerprint density at radius 2 is 1.97 bits per heavy atom. The molecular weight excluding hydrogens is 380 g/mol. The molecule has 4 heterocycles. The number of aromatic nitrogens is 4. The van der Waals surface area contributed by atoms with Crippen LogP contribution in [-0.4, -0.2) is 61.3 Å². The molecule has 1 saturated heterocycles. The molecule has 8 nitrogen and oxygen atoms in total. The van der Waals surface area contributed by atoms with Crippen LogP contribution >= 0.6 is 0 Å². The molecule has 3 aliphatic rings. The van der Waals surface area contributed by atoms with Crippen LogP contribution in [0.2, 0.25) is 0 Å². The first-order valence-electron chi connectivity index (χ1n) is 11.1. The summed E-state index contributed by atoms with van der Waals surface area (Å²) in [6.45, 7) is 2.90. The second kappa shape index (κ2) is 8.26. The van der Waals surface area contributed by atoms with Crippen LogP contribution in [0.25, 0.3) is 0 Å². The largest absolute Gasteiger partial charge is 0.337 e. The number of aromatic amines is 1. The molecule has 0 spiro atoms. The van der Waals surface area contributed by atoms with Crippen molar-refractivity contribution in [3.63, 3.8) is 0 Å². The molecule has 0 bridgehead atoms. The van der Waals surface area contributed by atoms with Crippen LogP contribution in [0.3, 0.4) is 0 Å². The number of amides is 1. The number of carbonyl (C=O) groups is 1. The van der Waals surface area contributed by atoms with Crippen molar-refractivity contribution in [1.82, 2.24) is 29.7 Å². The third kappa shape index (κ3) is 3.76. The maximum atomic E-state index is 12.7. The van der Waals surface area contributed by atoms with E-state index < -0.39 is 0 Å². The number of hydrogen-bond acceptors (Lipinski definition) is 6. The predicted molar refractivity (Wildman–Crippen MR) is 111 cm³/mol. The summed E-state index contributed by atoms with van der Waals surface area (Å²) in [5.41, 5.74) is 2.13. The van der Waals surface area contributed by atoms with Crippen molar-refractivity contribution < 1.29 is 4.79 Å². The van der Waals surface area contributed by atoms with Gasteiger partial charge in [0.2, 0.25) is 0 Å². The number of nitrogens with one attached hydrogen (secondary N) is 1. The summed E-state index contributed by atoms with van der Waals surface area (Å²) in [4.78, 5) is 45.7. The van der Waals surface area contributed by atoms with E-state index in [1.165, 1.54) is 44.5 Å². The van der Waals surface area contributed by atoms with E-state index in [1.54, 1.807) is 11.1 Å². The van der Waals surface area contributed by atoms with E-state index in [1.807, 2.05) is 0 Å². The average Bonchev–Trinajstić information content (AvgIpc) is 3.30. The van der Waals surface area contributed by atoms with E-state index in [2.05, 4.69) is 19.9 Å². The van der Waals surface area contributed by atoms with Gasteiger partial charge in [0.05, 0.1) is 11.9 Å². The van der Waals surface area contributed by atoms with Gasteiger partial charge in [0, 0.05) is 56.1 Å². The lowest BCUT2D eigenvalue weighted by molar-refractivity contribution is 0.0784. The molecule has 2 aromatic rings. The van der Waals surface area contributed by atoms with Gasteiger partial charge in [-0.15, -0.1) is 0 Å². The highest BCUT2D eigenvalue weighted by Crippen LogP contribution is 2.29. The quantitative estimate of drug-likeness (QED) is 0.833. The maximum absolute atomic E-state index is 12.7. The molecular formula is C22H28N6O2. The lowest BCUT2D eigenvalue weighted by atomic mass is 9.92. The van der Waals surface area contributed by atoms with Crippen molar-refractivity contribution in [3.05, 3.63) is 51.7 Å². The van der Waals surface area contributed by atoms with E-state index in [0.717, 1.165) is 43.0 Å². The van der Waals surface area contributed by atoms with Crippen LogP contribution in [0.4, 0.5) is 0 Å². The van der Waals surface area contributed by atoms with Crippen LogP contribution < -0.4 is 5.56 Å². The third-order valence-corrected chi connectivity index (χ3v) is 6.86. The van der Waals surface area contributed by atoms with Crippen molar-refractivity contribution in [2.24, 2.45) is 0 Å². The first-order valence-corrected chi connectivity index (χ1v) is 11.1. The fourth-order valence-corrected chi connectivity index (χ4v) is 5.17. The highest BCUT2D eigenvalue weighted by Gasteiger charge is 2.32. The number of hydrogen-bond donors (Lipinski definition) is 1. The van der Waals surface area contributed by atoms with Crippen LogP contribution in [0.1, 0.15) is 72.0 Å². The lowest BCUT2D eigenvalue weighted by Gasteiger charge is -2.37. The smallest absolute Gasteiger partial charge is 0.274 e. The molecule has 158 valence electrons. The molecule has 2 fully saturated rings. The average molecular weight is 409 g/mol. The molecule has 1 atom stereocenters. The minimum absolute atomic E-state index is 0.00278. The molecule has 5 rings (SSSR count). The number of nitrogens with zero attached hydrogens (tertiary/aromatic N) is 5. The normalized spacial score (nSPS) is 22.8. The van der Waals surface area contributed by atoms with Crippen molar-refractivity contribution in [2.45, 2.75) is 63.5 Å². The third-order valence-electron chi connectivity index (χ3n) is 6.86. The Bertz CT molecular complexity index is 969. The Morgan fingerprint density at radius 3 is 2.77 bits per heavy atom. The van der Waals surface area contributed by atoms with Crippen LogP contribution in [0, 0.1) is 0 Å². The molecule has 1 N–H and O–H groups in total. The van der Waals surface area contributed by atoms with Crippen LogP contribution in [-0.2, 0) is 13.0 Å². The molecule has 2 aliphatic heterocycles. The van der Waals surface area contributed by atoms with Gasteiger partial charge in [-0.05, 0) is 25.7 Å². The minimum Gasteiger partial charge on any atom is -0.337 e. The van der Waals surface area contributed by atoms with Gasteiger partial charge in [-0.1, -0.05) is 19.3 Å². The van der Waals surface area contributed by atoms with Crippen molar-refractivity contribution in [3.8, 4) is 0 Å². The lowest BCUT2D eigenvalue weighted by Crippen LogP contribution is -2.42. The predicted octanol–water partition coefficient (Wildman–Crippen LogP) is 1.88. The van der Waals surface area contributed by atoms with E-state index in [0.29, 0.717) is 24.8 Å². The number of fused-ring (bicyclic) bond motifs is 1. The van der Waals surface area contributed by atoms with Gasteiger partial charge in [0.1, 0.15) is 11.5 Å². The maximum Gasteiger partial charge on any atom is 0.274 e. The van der Waals surface area contributed by atoms with Gasteiger partial charge >= 0.3 is 0 Å². The van der Waals surface area contributed by atoms with Gasteiger partial charge in [0.15, 0.2) is 0 Å². The van der Waals surface area contributed by atoms with Crippen molar-refractivity contribution >= 4 is 5.91 Å². The fraction of sp³-hybridized carbons (Fsp3) is 0.591. The molecule has 30 heavy (non-hydrogen) atoms. The summed E-state index contributed by atoms with van der Waals surface area (Å²) >= 11 is 0. The van der Waals surface area contributed by atoms with Crippen LogP contribution in [0.5, 0.6) is 0 Å². The first kappa shape index (κ1) is 19.4. The second-order valence-corrected chi connectivity index (χ2v) is 8.72. The number of carbonyl (C=O) groups excluding carboxylic acids is 1. The Kier molecular flexibility index (Phi) is 5.33. The van der Waals surface area contributed by atoms with Gasteiger partial charge in [-0.2, -0.15) is 0 Å². The molecule has 0 aromatic carbocycles. The molecule has 8 heteroatoms. The Hall–Kier alpha value is -2.61. The summed E-state index contributed by atoms with van der Waals surface area (Å²) in [6, 6.07) is 0.628. The standard InChI is InChI=1S/C22H28N6O2/c29-21-17-7-11-27(16-4-2-1-3-5-16)14-19(17)25-20(26-21)15-6-10-28(13-15)22(30)18-12-23-8-9-24-18/h8-9,12,15-16H,1-7,10-11,13-14H2,(H,25,26,29). The minimum atomic E-state index is -0.116. The molecule has 1 unspecified atom stereocenters. The summed E-state index contributed by atoms with van der Waals surface area (Å²) in [5, 5.41) is 0. The van der Waals surface area contributed by atoms with Gasteiger partial charge in [-0.3, -0.25) is 19.5 Å². The Balaban J connectivity index is 1.32. The molecule has 0 radical (unpaired) electrons. The van der Waals surface area contributed by atoms with E-state index in [4.69, 9.17) is 4.98 Å². The molecule has 1 amide bonds. The summed E-state index contributed by atoms with van der Waals surface area (Å²) in [5.74, 6) is 0.654. The number of likely N-dealkylation sites (tertiary alicyclic amines) is 1. The topological polar surface area (TPSA) is 95.1 Å². The molecule has 1 aliphatic carbocycles. The number of rotatable bonds is 3. The van der Waals surface area contributed by atoms with E-state index in [9.17, 15) is 9.59 Å². The van der Waals surface area contributed by atoms with Gasteiger partial charge in [0.25, 0.3) is 11.5 Å². The summed E-state index contributed by atoms with van der Waals surface area (Å²) < 4.78 is 0. The van der Waals surface area contributed by atoms with E-state index in [-0.39, 0.29) is 17.4 Å². The highest BCUT2D eigenvalue weighted by molar-refractivity contribution is 5.92. The van der Waals surface area contributed by atoms with Gasteiger partial charge in [-0.25, -0.2) is 9.97 Å². The van der Waals surface area contributed by atoms with Crippen LogP contribution in [0.15, 0.2) is 23.4 Å². The molecule has 2 aromatic heterocycles. The zero-order valence-corrected chi connectivity index (χ0v) is 17.2. The number of H-pyrrole nitrogens is 1. The van der Waals surface area contributed by atoms with Gasteiger partial charge < -0.3 is 9.88 Å². The summed E-state index contributed by atoms with van der Waals surface area (Å²) in [7, 11) is 0. The van der Waals surface area contributed by atoms with Crippen molar-refractivity contribution in [1.29, 1.82) is 0 Å². The Labute approximate surface area is 175 Å². The zero-order chi connectivity index (χ0) is 20.5. The molecule has 1 saturated carbocycles. The van der Waals surface area contributed by atoms with E-state index >= 15 is 0 Å². The Morgan fingerprint density at radius 1 is 1.10 bits per heavy atom. The zero-order valence-electron chi connectivity index (χ0n) is 17.2.